The van der Waals surface area contributed by atoms with Crippen LogP contribution in [0.3, 0.4) is 0 Å². The van der Waals surface area contributed by atoms with E-state index in [1.165, 1.54) is 40.8 Å². The molecule has 2 heterocycles. The van der Waals surface area contributed by atoms with E-state index in [9.17, 15) is 18.0 Å². The number of hydrogen-bond donors (Lipinski definition) is 1. The first-order valence-corrected chi connectivity index (χ1v) is 15.8. The van der Waals surface area contributed by atoms with Crippen LogP contribution < -0.4 is 15.0 Å². The molecule has 0 radical (unpaired) electrons. The number of alkyl halides is 3. The minimum Gasteiger partial charge on any atom is -0.406 e. The molecule has 2 atom stereocenters. The maximum absolute atomic E-state index is 13.2. The quantitative estimate of drug-likeness (QED) is 0.209. The van der Waals surface area contributed by atoms with Gasteiger partial charge < -0.3 is 15.0 Å². The highest BCUT2D eigenvalue weighted by Crippen LogP contribution is 2.35. The van der Waals surface area contributed by atoms with E-state index in [1.54, 1.807) is 11.8 Å². The molecule has 0 saturated carbocycles. The average Bonchev–Trinajstić information content (AvgIpc) is 3.50. The Morgan fingerprint density at radius 3 is 2.47 bits per heavy atom. The molecule has 1 aromatic heterocycles. The van der Waals surface area contributed by atoms with Gasteiger partial charge in [-0.3, -0.25) is 0 Å². The lowest BCUT2D eigenvalue weighted by molar-refractivity contribution is -0.274. The van der Waals surface area contributed by atoms with Crippen LogP contribution in [-0.4, -0.2) is 44.1 Å². The van der Waals surface area contributed by atoms with Gasteiger partial charge in [-0.15, -0.1) is 18.3 Å². The van der Waals surface area contributed by atoms with Gasteiger partial charge >= 0.3 is 12.4 Å². The second-order valence-electron chi connectivity index (χ2n) is 11.1. The Morgan fingerprint density at radius 2 is 1.80 bits per heavy atom. The second kappa shape index (κ2) is 13.8. The number of anilines is 1. The summed E-state index contributed by atoms with van der Waals surface area (Å²) in [6, 6.07) is 20.8. The van der Waals surface area contributed by atoms with Gasteiger partial charge in [0.25, 0.3) is 0 Å². The molecule has 12 heteroatoms. The number of amides is 2. The molecular weight excluding hydrogens is 601 g/mol. The lowest BCUT2D eigenvalue weighted by atomic mass is 9.99. The number of aliphatic imine (C=N–C) groups is 1. The van der Waals surface area contributed by atoms with Crippen LogP contribution >= 0.6 is 11.8 Å². The van der Waals surface area contributed by atoms with Gasteiger partial charge in [-0.05, 0) is 67.1 Å². The Kier molecular flexibility index (Phi) is 9.81. The molecule has 1 aliphatic heterocycles. The van der Waals surface area contributed by atoms with E-state index in [1.807, 2.05) is 43.3 Å². The number of rotatable bonds is 8. The monoisotopic (exact) mass is 636 g/mol. The first kappa shape index (κ1) is 32.1. The molecule has 1 saturated heterocycles. The Bertz CT molecular complexity index is 1640. The van der Waals surface area contributed by atoms with Crippen molar-refractivity contribution in [1.29, 1.82) is 0 Å². The number of carbonyl (C=O) groups excluding carboxylic acids is 1. The summed E-state index contributed by atoms with van der Waals surface area (Å²) < 4.78 is 42.8. The molecule has 5 rings (SSSR count). The third-order valence-corrected chi connectivity index (χ3v) is 8.52. The Morgan fingerprint density at radius 1 is 1.09 bits per heavy atom. The van der Waals surface area contributed by atoms with Gasteiger partial charge in [0.15, 0.2) is 11.0 Å². The van der Waals surface area contributed by atoms with Crippen LogP contribution in [0, 0.1) is 0 Å². The van der Waals surface area contributed by atoms with E-state index in [0.29, 0.717) is 29.0 Å². The fourth-order valence-corrected chi connectivity index (χ4v) is 6.41. The maximum Gasteiger partial charge on any atom is 0.573 e. The van der Waals surface area contributed by atoms with Crippen molar-refractivity contribution in [3.8, 4) is 22.8 Å². The molecule has 0 bridgehead atoms. The van der Waals surface area contributed by atoms with E-state index in [2.05, 4.69) is 62.9 Å². The molecule has 45 heavy (non-hydrogen) atoms. The Labute approximate surface area is 264 Å². The summed E-state index contributed by atoms with van der Waals surface area (Å²) in [4.78, 5) is 24.3. The van der Waals surface area contributed by atoms with Crippen molar-refractivity contribution >= 4 is 28.6 Å². The van der Waals surface area contributed by atoms with Crippen molar-refractivity contribution in [3.05, 3.63) is 90.3 Å². The van der Waals surface area contributed by atoms with Gasteiger partial charge in [0.2, 0.25) is 0 Å². The predicted molar refractivity (Wildman–Crippen MR) is 172 cm³/mol. The van der Waals surface area contributed by atoms with Crippen LogP contribution in [0.5, 0.6) is 5.75 Å². The topological polar surface area (TPSA) is 84.6 Å². The van der Waals surface area contributed by atoms with Crippen LogP contribution in [0.1, 0.15) is 63.6 Å². The van der Waals surface area contributed by atoms with Crippen LogP contribution in [0.2, 0.25) is 0 Å². The summed E-state index contributed by atoms with van der Waals surface area (Å²) in [7, 11) is 0. The molecule has 1 fully saturated rings. The molecule has 1 N–H and O–H groups in total. The standard InChI is InChI=1S/C33H35F3N6O2S/c1-5-28(38-31(43)39-32-42(22(4)18-19-45-32)29-9-7-6-8-27(29)21(2)3)23-10-12-24(13-11-23)30-37-20-41(40-30)25-14-16-26(17-15-25)44-33(34,35)36/h6-17,20-22,28H,5,18-19H2,1-4H3,(H,38,43). The zero-order valence-corrected chi connectivity index (χ0v) is 26.3. The third kappa shape index (κ3) is 7.86. The molecule has 4 aromatic rings. The highest BCUT2D eigenvalue weighted by atomic mass is 32.2. The molecule has 8 nitrogen and oxygen atoms in total. The maximum atomic E-state index is 13.2. The lowest BCUT2D eigenvalue weighted by Crippen LogP contribution is -2.42. The van der Waals surface area contributed by atoms with Crippen LogP contribution in [-0.2, 0) is 0 Å². The minimum atomic E-state index is -4.75. The van der Waals surface area contributed by atoms with Crippen molar-refractivity contribution in [2.75, 3.05) is 10.7 Å². The average molecular weight is 637 g/mol. The number of halogens is 3. The van der Waals surface area contributed by atoms with Gasteiger partial charge in [-0.1, -0.05) is 75.0 Å². The lowest BCUT2D eigenvalue weighted by Gasteiger charge is -2.37. The number of nitrogens with one attached hydrogen (secondary N) is 1. The number of amidine groups is 1. The number of para-hydroxylation sites is 1. The molecule has 0 spiro atoms. The van der Waals surface area contributed by atoms with E-state index < -0.39 is 6.36 Å². The molecule has 3 aromatic carbocycles. The van der Waals surface area contributed by atoms with Crippen LogP contribution in [0.4, 0.5) is 23.7 Å². The minimum absolute atomic E-state index is 0.215. The molecule has 2 unspecified atom stereocenters. The van der Waals surface area contributed by atoms with E-state index >= 15 is 0 Å². The third-order valence-electron chi connectivity index (χ3n) is 7.53. The summed E-state index contributed by atoms with van der Waals surface area (Å²) in [5.41, 5.74) is 4.51. The predicted octanol–water partition coefficient (Wildman–Crippen LogP) is 8.51. The number of carbonyl (C=O) groups is 1. The van der Waals surface area contributed by atoms with Crippen molar-refractivity contribution in [2.45, 2.75) is 64.9 Å². The van der Waals surface area contributed by atoms with E-state index in [4.69, 9.17) is 0 Å². The number of hydrogen-bond acceptors (Lipinski definition) is 5. The second-order valence-corrected chi connectivity index (χ2v) is 12.1. The van der Waals surface area contributed by atoms with E-state index in [-0.39, 0.29) is 23.9 Å². The fraction of sp³-hybridized carbons (Fsp3) is 0.333. The van der Waals surface area contributed by atoms with Crippen molar-refractivity contribution in [3.63, 3.8) is 0 Å². The number of thioether (sulfide) groups is 1. The highest BCUT2D eigenvalue weighted by molar-refractivity contribution is 8.14. The van der Waals surface area contributed by atoms with Crippen molar-refractivity contribution < 1.29 is 22.7 Å². The first-order chi connectivity index (χ1) is 21.5. The largest absolute Gasteiger partial charge is 0.573 e. The summed E-state index contributed by atoms with van der Waals surface area (Å²) in [6.07, 6.45) is -1.60. The number of nitrogens with zero attached hydrogens (tertiary/aromatic N) is 5. The summed E-state index contributed by atoms with van der Waals surface area (Å²) in [6.45, 7) is 8.51. The van der Waals surface area contributed by atoms with Crippen LogP contribution in [0.25, 0.3) is 17.1 Å². The van der Waals surface area contributed by atoms with Crippen molar-refractivity contribution in [1.82, 2.24) is 20.1 Å². The molecular formula is C33H35F3N6O2S. The molecule has 236 valence electrons. The van der Waals surface area contributed by atoms with Gasteiger partial charge in [-0.25, -0.2) is 14.5 Å². The number of ether oxygens (including phenoxy) is 1. The smallest absolute Gasteiger partial charge is 0.406 e. The van der Waals surface area contributed by atoms with Gasteiger partial charge in [0, 0.05) is 23.0 Å². The SMILES string of the molecule is CCC(NC(=O)N=C1SCCC(C)N1c1ccccc1C(C)C)c1ccc(-c2ncn(-c3ccc(OC(F)(F)F)cc3)n2)cc1. The van der Waals surface area contributed by atoms with E-state index in [0.717, 1.165) is 29.0 Å². The molecule has 0 aliphatic carbocycles. The summed E-state index contributed by atoms with van der Waals surface area (Å²) in [5, 5.41) is 8.24. The van der Waals surface area contributed by atoms with Gasteiger partial charge in [-0.2, -0.15) is 4.99 Å². The fourth-order valence-electron chi connectivity index (χ4n) is 5.20. The number of benzene rings is 3. The summed E-state index contributed by atoms with van der Waals surface area (Å²) in [5.74, 6) is 1.37. The normalized spacial score (nSPS) is 17.0. The van der Waals surface area contributed by atoms with Gasteiger partial charge in [0.05, 0.1) is 11.7 Å². The zero-order valence-electron chi connectivity index (χ0n) is 25.5. The summed E-state index contributed by atoms with van der Waals surface area (Å²) >= 11 is 1.60. The Balaban J connectivity index is 1.28. The zero-order chi connectivity index (χ0) is 32.1. The first-order valence-electron chi connectivity index (χ1n) is 14.8. The molecule has 1 aliphatic rings. The highest BCUT2D eigenvalue weighted by Gasteiger charge is 2.31. The molecule has 2 amide bonds. The number of aromatic nitrogens is 3. The van der Waals surface area contributed by atoms with Gasteiger partial charge in [0.1, 0.15) is 12.1 Å². The number of urea groups is 1. The van der Waals surface area contributed by atoms with Crippen LogP contribution in [0.15, 0.2) is 84.1 Å². The van der Waals surface area contributed by atoms with Crippen molar-refractivity contribution in [2.24, 2.45) is 4.99 Å². The Hall–Kier alpha value is -4.32.